The summed E-state index contributed by atoms with van der Waals surface area (Å²) < 4.78 is 10.5. The number of hydrogen-bond acceptors (Lipinski definition) is 7. The highest BCUT2D eigenvalue weighted by Gasteiger charge is 2.31. The zero-order valence-corrected chi connectivity index (χ0v) is 16.3. The van der Waals surface area contributed by atoms with E-state index in [-0.39, 0.29) is 23.8 Å². The van der Waals surface area contributed by atoms with E-state index in [2.05, 4.69) is 9.97 Å². The third kappa shape index (κ3) is 4.30. The molecule has 2 fully saturated rings. The first-order valence-electron chi connectivity index (χ1n) is 9.41. The number of cyclic esters (lactones) is 1. The summed E-state index contributed by atoms with van der Waals surface area (Å²) in [6.45, 7) is 2.56. The van der Waals surface area contributed by atoms with E-state index < -0.39 is 0 Å². The van der Waals surface area contributed by atoms with Crippen molar-refractivity contribution in [3.63, 3.8) is 0 Å². The van der Waals surface area contributed by atoms with Gasteiger partial charge in [-0.3, -0.25) is 4.79 Å². The molecule has 4 heterocycles. The highest BCUT2D eigenvalue weighted by atomic mass is 32.2. The number of rotatable bonds is 5. The molecule has 2 saturated heterocycles. The van der Waals surface area contributed by atoms with Gasteiger partial charge >= 0.3 is 6.09 Å². The summed E-state index contributed by atoms with van der Waals surface area (Å²) in [7, 11) is 0. The second-order valence-corrected chi connectivity index (χ2v) is 7.71. The van der Waals surface area contributed by atoms with Gasteiger partial charge in [-0.05, 0) is 37.5 Å². The molecule has 9 heteroatoms. The van der Waals surface area contributed by atoms with E-state index in [0.717, 1.165) is 25.8 Å². The Morgan fingerprint density at radius 1 is 1.25 bits per heavy atom. The number of nitrogens with zero attached hydrogens (tertiary/aromatic N) is 4. The van der Waals surface area contributed by atoms with Gasteiger partial charge < -0.3 is 19.0 Å². The Morgan fingerprint density at radius 3 is 2.86 bits per heavy atom. The van der Waals surface area contributed by atoms with Crippen LogP contribution in [0.25, 0.3) is 11.5 Å². The van der Waals surface area contributed by atoms with Crippen LogP contribution in [0.1, 0.15) is 19.3 Å². The normalized spacial score (nSPS) is 18.2. The summed E-state index contributed by atoms with van der Waals surface area (Å²) >= 11 is 1.32. The first kappa shape index (κ1) is 18.8. The Labute approximate surface area is 167 Å². The van der Waals surface area contributed by atoms with E-state index >= 15 is 0 Å². The van der Waals surface area contributed by atoms with Gasteiger partial charge in [0.05, 0.1) is 18.6 Å². The lowest BCUT2D eigenvalue weighted by atomic mass is 10.0. The average Bonchev–Trinajstić information content (AvgIpc) is 3.28. The SMILES string of the molecule is O=C(CSc1nccc(-c2ccco2)n1)N1CCC(N2CCCOC2=O)CC1. The van der Waals surface area contributed by atoms with Crippen molar-refractivity contribution in [3.05, 3.63) is 30.7 Å². The van der Waals surface area contributed by atoms with Crippen molar-refractivity contribution in [1.82, 2.24) is 19.8 Å². The van der Waals surface area contributed by atoms with Gasteiger partial charge in [0.2, 0.25) is 5.91 Å². The Bertz CT molecular complexity index is 821. The fourth-order valence-electron chi connectivity index (χ4n) is 3.52. The molecule has 8 nitrogen and oxygen atoms in total. The number of amides is 2. The van der Waals surface area contributed by atoms with E-state index in [1.54, 1.807) is 24.6 Å². The summed E-state index contributed by atoms with van der Waals surface area (Å²) in [4.78, 5) is 36.8. The van der Waals surface area contributed by atoms with Gasteiger partial charge in [-0.15, -0.1) is 0 Å². The van der Waals surface area contributed by atoms with E-state index in [9.17, 15) is 9.59 Å². The Balaban J connectivity index is 1.27. The number of ether oxygens (including phenoxy) is 1. The molecule has 0 N–H and O–H groups in total. The number of likely N-dealkylation sites (tertiary alicyclic amines) is 1. The van der Waals surface area contributed by atoms with Crippen molar-refractivity contribution in [3.8, 4) is 11.5 Å². The maximum absolute atomic E-state index is 12.6. The molecule has 2 aliphatic heterocycles. The predicted molar refractivity (Wildman–Crippen MR) is 103 cm³/mol. The zero-order chi connectivity index (χ0) is 19.3. The molecule has 2 aromatic rings. The average molecular weight is 402 g/mol. The van der Waals surface area contributed by atoms with Gasteiger partial charge in [-0.1, -0.05) is 11.8 Å². The van der Waals surface area contributed by atoms with Crippen LogP contribution in [0.15, 0.2) is 40.2 Å². The Hall–Kier alpha value is -2.55. The van der Waals surface area contributed by atoms with Crippen molar-refractivity contribution in [2.45, 2.75) is 30.5 Å². The maximum atomic E-state index is 12.6. The van der Waals surface area contributed by atoms with Gasteiger partial charge in [0.25, 0.3) is 0 Å². The number of carbonyl (C=O) groups is 2. The largest absolute Gasteiger partial charge is 0.463 e. The zero-order valence-electron chi connectivity index (χ0n) is 15.5. The summed E-state index contributed by atoms with van der Waals surface area (Å²) in [5.74, 6) is 1.03. The van der Waals surface area contributed by atoms with Gasteiger partial charge in [-0.2, -0.15) is 0 Å². The van der Waals surface area contributed by atoms with E-state index in [4.69, 9.17) is 9.15 Å². The molecule has 0 radical (unpaired) electrons. The predicted octanol–water partition coefficient (Wildman–Crippen LogP) is 2.66. The first-order valence-corrected chi connectivity index (χ1v) is 10.4. The second-order valence-electron chi connectivity index (χ2n) is 6.76. The molecule has 0 aromatic carbocycles. The lowest BCUT2D eigenvalue weighted by molar-refractivity contribution is -0.129. The van der Waals surface area contributed by atoms with Crippen molar-refractivity contribution in [1.29, 1.82) is 0 Å². The highest BCUT2D eigenvalue weighted by Crippen LogP contribution is 2.23. The molecule has 0 spiro atoms. The van der Waals surface area contributed by atoms with Gasteiger partial charge in [0, 0.05) is 31.9 Å². The lowest BCUT2D eigenvalue weighted by Gasteiger charge is -2.39. The molecule has 148 valence electrons. The van der Waals surface area contributed by atoms with Crippen LogP contribution in [-0.4, -0.2) is 69.8 Å². The van der Waals surface area contributed by atoms with Crippen LogP contribution in [0.4, 0.5) is 4.79 Å². The Kier molecular flexibility index (Phi) is 5.80. The van der Waals surface area contributed by atoms with Crippen LogP contribution >= 0.6 is 11.8 Å². The van der Waals surface area contributed by atoms with Crippen molar-refractivity contribution in [2.24, 2.45) is 0 Å². The number of hydrogen-bond donors (Lipinski definition) is 0. The molecule has 0 bridgehead atoms. The van der Waals surface area contributed by atoms with E-state index in [0.29, 0.717) is 36.3 Å². The number of piperidine rings is 1. The van der Waals surface area contributed by atoms with Crippen LogP contribution in [0.5, 0.6) is 0 Å². The minimum absolute atomic E-state index is 0.0664. The standard InChI is InChI=1S/C19H22N4O4S/c24-17(13-28-18-20-7-4-15(21-18)16-3-1-11-26-16)22-9-5-14(6-10-22)23-8-2-12-27-19(23)25/h1,3-4,7,11,14H,2,5-6,8-10,12-13H2. The number of carbonyl (C=O) groups excluding carboxylic acids is 2. The van der Waals surface area contributed by atoms with Crippen LogP contribution in [0.2, 0.25) is 0 Å². The summed E-state index contributed by atoms with van der Waals surface area (Å²) in [6, 6.07) is 5.59. The quantitative estimate of drug-likeness (QED) is 0.561. The highest BCUT2D eigenvalue weighted by molar-refractivity contribution is 7.99. The van der Waals surface area contributed by atoms with E-state index in [1.165, 1.54) is 11.8 Å². The summed E-state index contributed by atoms with van der Waals surface area (Å²) in [6.07, 6.45) is 5.49. The molecule has 2 aromatic heterocycles. The van der Waals surface area contributed by atoms with Crippen molar-refractivity contribution < 1.29 is 18.7 Å². The molecular weight excluding hydrogens is 380 g/mol. The molecule has 2 aliphatic rings. The third-order valence-electron chi connectivity index (χ3n) is 4.99. The van der Waals surface area contributed by atoms with Crippen LogP contribution in [0, 0.1) is 0 Å². The Morgan fingerprint density at radius 2 is 2.11 bits per heavy atom. The van der Waals surface area contributed by atoms with Crippen LogP contribution < -0.4 is 0 Å². The molecule has 0 unspecified atom stereocenters. The topological polar surface area (TPSA) is 88.8 Å². The molecule has 0 saturated carbocycles. The molecule has 4 rings (SSSR count). The van der Waals surface area contributed by atoms with Gasteiger partial charge in [0.15, 0.2) is 10.9 Å². The van der Waals surface area contributed by atoms with E-state index in [1.807, 2.05) is 15.9 Å². The van der Waals surface area contributed by atoms with Gasteiger partial charge in [0.1, 0.15) is 5.69 Å². The van der Waals surface area contributed by atoms with Crippen molar-refractivity contribution in [2.75, 3.05) is 32.0 Å². The molecule has 28 heavy (non-hydrogen) atoms. The summed E-state index contributed by atoms with van der Waals surface area (Å²) in [5.41, 5.74) is 0.698. The minimum Gasteiger partial charge on any atom is -0.463 e. The fraction of sp³-hybridized carbons (Fsp3) is 0.474. The summed E-state index contributed by atoms with van der Waals surface area (Å²) in [5, 5.41) is 0.549. The van der Waals surface area contributed by atoms with Crippen molar-refractivity contribution >= 4 is 23.8 Å². The lowest BCUT2D eigenvalue weighted by Crippen LogP contribution is -2.51. The second kappa shape index (κ2) is 8.64. The smallest absolute Gasteiger partial charge is 0.410 e. The minimum atomic E-state index is -0.222. The number of thioether (sulfide) groups is 1. The fourth-order valence-corrected chi connectivity index (χ4v) is 4.25. The maximum Gasteiger partial charge on any atom is 0.410 e. The van der Waals surface area contributed by atoms with Crippen LogP contribution in [0.3, 0.4) is 0 Å². The van der Waals surface area contributed by atoms with Crippen LogP contribution in [-0.2, 0) is 9.53 Å². The monoisotopic (exact) mass is 402 g/mol. The molecule has 0 atom stereocenters. The molecule has 0 aliphatic carbocycles. The third-order valence-corrected chi connectivity index (χ3v) is 5.84. The van der Waals surface area contributed by atoms with Gasteiger partial charge in [-0.25, -0.2) is 14.8 Å². The molecular formula is C19H22N4O4S. The first-order chi connectivity index (χ1) is 13.7. The number of furan rings is 1. The number of aromatic nitrogens is 2. The molecule has 2 amide bonds.